The molecule has 4 fully saturated rings. The third-order valence-electron chi connectivity index (χ3n) is 12.9. The number of carbonyl (C=O) groups excluding carboxylic acids is 5. The molecule has 3 aromatic carbocycles. The summed E-state index contributed by atoms with van der Waals surface area (Å²) in [5, 5.41) is 7.98. The maximum atomic E-state index is 13.8. The van der Waals surface area contributed by atoms with Crippen LogP contribution < -0.4 is 15.8 Å². The number of aromatic nitrogens is 4. The van der Waals surface area contributed by atoms with E-state index >= 15 is 0 Å². The number of nitrogens with two attached hydrogens (primary N) is 1. The number of benzene rings is 3. The topological polar surface area (TPSA) is 189 Å². The lowest BCUT2D eigenvalue weighted by Crippen LogP contribution is -2.55. The van der Waals surface area contributed by atoms with E-state index in [1.807, 2.05) is 64.2 Å². The lowest BCUT2D eigenvalue weighted by molar-refractivity contribution is -0.136. The minimum atomic E-state index is -1.000. The zero-order valence-electron chi connectivity index (χ0n) is 34.6. The Kier molecular flexibility index (Phi) is 10.7. The summed E-state index contributed by atoms with van der Waals surface area (Å²) in [6, 6.07) is 21.7. The summed E-state index contributed by atoms with van der Waals surface area (Å²) in [5.41, 5.74) is 9.76. The van der Waals surface area contributed by atoms with Crippen LogP contribution in [0.15, 0.2) is 79.1 Å². The highest BCUT2D eigenvalue weighted by molar-refractivity contribution is 6.23. The van der Waals surface area contributed by atoms with Crippen LogP contribution in [0.2, 0.25) is 0 Å². The predicted molar refractivity (Wildman–Crippen MR) is 231 cm³/mol. The Morgan fingerprint density at radius 3 is 2.37 bits per heavy atom. The van der Waals surface area contributed by atoms with Crippen LogP contribution in [-0.4, -0.2) is 127 Å². The van der Waals surface area contributed by atoms with Crippen LogP contribution in [0.25, 0.3) is 22.3 Å². The number of hydrogen-bond acceptors (Lipinski definition) is 12. The number of likely N-dealkylation sites (tertiary alicyclic amines) is 3. The normalized spacial score (nSPS) is 21.2. The molecule has 2 aromatic heterocycles. The Morgan fingerprint density at radius 1 is 0.825 bits per heavy atom. The molecule has 0 saturated carbocycles. The number of anilines is 1. The van der Waals surface area contributed by atoms with E-state index in [1.54, 1.807) is 18.2 Å². The second-order valence-electron chi connectivity index (χ2n) is 17.0. The van der Waals surface area contributed by atoms with Crippen molar-refractivity contribution in [1.82, 2.24) is 44.7 Å². The number of para-hydroxylation sites is 1. The van der Waals surface area contributed by atoms with Crippen LogP contribution in [0.4, 0.5) is 5.82 Å². The average Bonchev–Trinajstić information content (AvgIpc) is 3.79. The zero-order chi connectivity index (χ0) is 43.2. The molecule has 7 heterocycles. The molecule has 5 amide bonds. The Morgan fingerprint density at radius 2 is 1.59 bits per heavy atom. The summed E-state index contributed by atoms with van der Waals surface area (Å²) in [6.07, 6.45) is 5.32. The number of amides is 5. The zero-order valence-corrected chi connectivity index (χ0v) is 34.6. The maximum Gasteiger partial charge on any atom is 0.262 e. The average molecular weight is 847 g/mol. The molecule has 0 spiro atoms. The van der Waals surface area contributed by atoms with Crippen molar-refractivity contribution in [3.8, 4) is 34.6 Å². The van der Waals surface area contributed by atoms with E-state index in [0.717, 1.165) is 68.1 Å². The van der Waals surface area contributed by atoms with Gasteiger partial charge < -0.3 is 15.4 Å². The van der Waals surface area contributed by atoms with Gasteiger partial charge in [-0.1, -0.05) is 30.0 Å². The van der Waals surface area contributed by atoms with Gasteiger partial charge in [0.05, 0.1) is 29.1 Å². The van der Waals surface area contributed by atoms with E-state index in [9.17, 15) is 24.0 Å². The molecule has 4 saturated heterocycles. The first-order chi connectivity index (χ1) is 30.7. The molecule has 16 heteroatoms. The first-order valence-corrected chi connectivity index (χ1v) is 21.6. The van der Waals surface area contributed by atoms with Crippen molar-refractivity contribution >= 4 is 46.4 Å². The fourth-order valence-corrected chi connectivity index (χ4v) is 9.51. The molecule has 0 radical (unpaired) electrons. The van der Waals surface area contributed by atoms with Crippen molar-refractivity contribution in [2.45, 2.75) is 56.7 Å². The van der Waals surface area contributed by atoms with Crippen LogP contribution in [0, 0.1) is 17.8 Å². The first-order valence-electron chi connectivity index (χ1n) is 21.6. The summed E-state index contributed by atoms with van der Waals surface area (Å²) >= 11 is 0. The molecule has 5 aliphatic rings. The number of carbonyl (C=O) groups is 5. The number of imide groups is 2. The monoisotopic (exact) mass is 846 g/mol. The van der Waals surface area contributed by atoms with Crippen molar-refractivity contribution in [3.05, 3.63) is 95.8 Å². The number of ether oxygens (including phenoxy) is 1. The van der Waals surface area contributed by atoms with Gasteiger partial charge in [0.15, 0.2) is 5.65 Å². The smallest absolute Gasteiger partial charge is 0.262 e. The molecule has 63 heavy (non-hydrogen) atoms. The van der Waals surface area contributed by atoms with Crippen LogP contribution in [0.5, 0.6) is 11.5 Å². The number of piperidine rings is 3. The van der Waals surface area contributed by atoms with Crippen LogP contribution in [0.1, 0.15) is 70.8 Å². The van der Waals surface area contributed by atoms with Gasteiger partial charge in [0.25, 0.3) is 11.8 Å². The van der Waals surface area contributed by atoms with Crippen LogP contribution in [-0.2, 0) is 14.4 Å². The maximum absolute atomic E-state index is 13.8. The van der Waals surface area contributed by atoms with Crippen LogP contribution >= 0.6 is 0 Å². The van der Waals surface area contributed by atoms with Gasteiger partial charge in [0, 0.05) is 68.8 Å². The van der Waals surface area contributed by atoms with Crippen molar-refractivity contribution in [2.75, 3.05) is 51.5 Å². The highest BCUT2D eigenvalue weighted by atomic mass is 16.5. The summed E-state index contributed by atoms with van der Waals surface area (Å²) in [7, 11) is 0. The molecular formula is C47H46N10O6. The third kappa shape index (κ3) is 7.90. The Bertz CT molecular complexity index is 2700. The second-order valence-corrected chi connectivity index (χ2v) is 17.0. The van der Waals surface area contributed by atoms with Gasteiger partial charge in [0.2, 0.25) is 17.7 Å². The van der Waals surface area contributed by atoms with Gasteiger partial charge in [-0.2, -0.15) is 5.10 Å². The number of nitrogen functional groups attached to an aromatic ring is 1. The van der Waals surface area contributed by atoms with Gasteiger partial charge in [-0.3, -0.25) is 44.0 Å². The largest absolute Gasteiger partial charge is 0.457 e. The molecule has 0 bridgehead atoms. The van der Waals surface area contributed by atoms with E-state index in [1.165, 1.54) is 6.33 Å². The Labute approximate surface area is 363 Å². The summed E-state index contributed by atoms with van der Waals surface area (Å²) in [4.78, 5) is 80.6. The number of nitrogens with zero attached hydrogens (tertiary/aromatic N) is 8. The van der Waals surface area contributed by atoms with Gasteiger partial charge in [-0.25, -0.2) is 14.6 Å². The summed E-state index contributed by atoms with van der Waals surface area (Å²) in [6.45, 7) is 5.02. The molecule has 10 rings (SSSR count). The fraction of sp³-hybridized carbons (Fsp3) is 0.362. The number of rotatable bonds is 8. The SMILES string of the molecule is Nc1ncnc2c1c(-c1ccc(Oc3ccccc3)cc1)nn2C1CCCN(C(=O)CN2CCC(N3CC(C#Cc4ccc5c(c4)C(=O)N(C4CCC(=O)NC4=O)C5=O)C3)CC2)C1. The van der Waals surface area contributed by atoms with E-state index < -0.39 is 29.7 Å². The van der Waals surface area contributed by atoms with Gasteiger partial charge >= 0.3 is 0 Å². The number of hydrogen-bond donors (Lipinski definition) is 2. The molecule has 5 aromatic rings. The van der Waals surface area contributed by atoms with Crippen molar-refractivity contribution < 1.29 is 28.7 Å². The van der Waals surface area contributed by atoms with Crippen molar-refractivity contribution in [3.63, 3.8) is 0 Å². The van der Waals surface area contributed by atoms with E-state index in [-0.39, 0.29) is 41.8 Å². The highest BCUT2D eigenvalue weighted by Gasteiger charge is 2.45. The number of nitrogens with one attached hydrogen (secondary N) is 1. The molecule has 3 N–H and O–H groups in total. The van der Waals surface area contributed by atoms with E-state index in [4.69, 9.17) is 15.6 Å². The molecule has 0 aliphatic carbocycles. The van der Waals surface area contributed by atoms with Crippen molar-refractivity contribution in [1.29, 1.82) is 0 Å². The molecule has 16 nitrogen and oxygen atoms in total. The molecule has 320 valence electrons. The molecule has 5 aliphatic heterocycles. The van der Waals surface area contributed by atoms with E-state index in [0.29, 0.717) is 59.5 Å². The standard InChI is InChI=1S/C47H46N10O6/c48-43-41-42(31-11-13-35(14-12-31)63-34-6-2-1-3-7-34)52-57(44(41)50-28-49-43)33-5-4-20-54(26-33)40(59)27-53-21-18-32(19-22-53)55-24-30(25-55)9-8-29-10-15-36-37(23-29)47(62)56(46(36)61)38-16-17-39(58)51-45(38)60/h1-3,6-7,10-15,23,28,30,32-33,38H,4-5,16-22,24-27H2,(H2,48,49,50)(H,51,58,60). The lowest BCUT2D eigenvalue weighted by atomic mass is 9.93. The highest BCUT2D eigenvalue weighted by Crippen LogP contribution is 2.35. The predicted octanol–water partition coefficient (Wildman–Crippen LogP) is 3.88. The molecule has 2 unspecified atom stereocenters. The number of fused-ring (bicyclic) bond motifs is 2. The van der Waals surface area contributed by atoms with Gasteiger partial charge in [-0.15, -0.1) is 0 Å². The Balaban J connectivity index is 0.713. The lowest BCUT2D eigenvalue weighted by Gasteiger charge is -2.45. The first kappa shape index (κ1) is 40.1. The third-order valence-corrected chi connectivity index (χ3v) is 12.9. The summed E-state index contributed by atoms with van der Waals surface area (Å²) < 4.78 is 7.93. The van der Waals surface area contributed by atoms with Gasteiger partial charge in [0.1, 0.15) is 35.4 Å². The summed E-state index contributed by atoms with van der Waals surface area (Å²) in [5.74, 6) is 6.55. The van der Waals surface area contributed by atoms with Gasteiger partial charge in [-0.05, 0) is 86.7 Å². The molecular weight excluding hydrogens is 801 g/mol. The fourth-order valence-electron chi connectivity index (χ4n) is 9.51. The quantitative estimate of drug-likeness (QED) is 0.170. The minimum Gasteiger partial charge on any atom is -0.457 e. The minimum absolute atomic E-state index is 0.0631. The van der Waals surface area contributed by atoms with Crippen molar-refractivity contribution in [2.24, 2.45) is 5.92 Å². The van der Waals surface area contributed by atoms with E-state index in [2.05, 4.69) is 36.9 Å². The Hall–Kier alpha value is -6.96. The van der Waals surface area contributed by atoms with Crippen LogP contribution in [0.3, 0.4) is 0 Å². The molecule has 2 atom stereocenters. The second kappa shape index (κ2) is 16.7.